The largest absolute Gasteiger partial charge is 0.389 e. The van der Waals surface area contributed by atoms with Gasteiger partial charge in [0.25, 0.3) is 0 Å². The van der Waals surface area contributed by atoms with Gasteiger partial charge >= 0.3 is 0 Å². The molecule has 1 aromatic carbocycles. The number of aliphatic hydroxyl groups is 1. The Morgan fingerprint density at radius 3 is 2.55 bits per heavy atom. The van der Waals surface area contributed by atoms with E-state index >= 15 is 0 Å². The molecule has 0 saturated heterocycles. The molecule has 0 amide bonds. The van der Waals surface area contributed by atoms with E-state index in [2.05, 4.69) is 56.5 Å². The Bertz CT molecular complexity index is 593. The highest BCUT2D eigenvalue weighted by atomic mass is 16.5. The van der Waals surface area contributed by atoms with Crippen LogP contribution in [0.1, 0.15) is 32.0 Å². The van der Waals surface area contributed by atoms with Crippen LogP contribution in [0.4, 0.5) is 0 Å². The van der Waals surface area contributed by atoms with Crippen LogP contribution in [-0.2, 0) is 16.7 Å². The van der Waals surface area contributed by atoms with E-state index in [0.29, 0.717) is 13.2 Å². The third kappa shape index (κ3) is 3.05. The summed E-state index contributed by atoms with van der Waals surface area (Å²) < 4.78 is 7.27. The normalized spacial score (nSPS) is 13.9. The number of hydrogen-bond acceptors (Lipinski definition) is 2. The minimum absolute atomic E-state index is 0.0414. The minimum atomic E-state index is -0.488. The quantitative estimate of drug-likeness (QED) is 0.929. The lowest BCUT2D eigenvalue weighted by atomic mass is 9.92. The van der Waals surface area contributed by atoms with Crippen molar-refractivity contribution in [2.24, 2.45) is 0 Å². The van der Waals surface area contributed by atoms with Gasteiger partial charge in [-0.3, -0.25) is 0 Å². The molecule has 0 bridgehead atoms. The van der Waals surface area contributed by atoms with E-state index in [-0.39, 0.29) is 5.41 Å². The van der Waals surface area contributed by atoms with Crippen molar-refractivity contribution in [3.63, 3.8) is 0 Å². The Kier molecular flexibility index (Phi) is 4.21. The van der Waals surface area contributed by atoms with E-state index in [9.17, 15) is 5.11 Å². The molecular formula is C17H25NO2. The maximum absolute atomic E-state index is 10.1. The van der Waals surface area contributed by atoms with Gasteiger partial charge in [-0.25, -0.2) is 0 Å². The Hall–Kier alpha value is -1.32. The molecule has 0 radical (unpaired) electrons. The molecule has 0 saturated carbocycles. The van der Waals surface area contributed by atoms with Crippen LogP contribution in [0.5, 0.6) is 0 Å². The summed E-state index contributed by atoms with van der Waals surface area (Å²) in [4.78, 5) is 0. The summed E-state index contributed by atoms with van der Waals surface area (Å²) >= 11 is 0. The van der Waals surface area contributed by atoms with Crippen LogP contribution in [-0.4, -0.2) is 29.5 Å². The van der Waals surface area contributed by atoms with Gasteiger partial charge in [-0.15, -0.1) is 0 Å². The van der Waals surface area contributed by atoms with Gasteiger partial charge in [0.2, 0.25) is 0 Å². The van der Waals surface area contributed by atoms with Gasteiger partial charge in [-0.1, -0.05) is 32.4 Å². The highest BCUT2D eigenvalue weighted by Gasteiger charge is 2.22. The van der Waals surface area contributed by atoms with Crippen LogP contribution < -0.4 is 0 Å². The average Bonchev–Trinajstić information content (AvgIpc) is 2.67. The molecule has 110 valence electrons. The zero-order valence-corrected chi connectivity index (χ0v) is 13.1. The number of ether oxygens (including phenoxy) is 1. The van der Waals surface area contributed by atoms with Crippen LogP contribution in [0.3, 0.4) is 0 Å². The molecule has 2 aromatic rings. The molecule has 1 atom stereocenters. The van der Waals surface area contributed by atoms with Crippen LogP contribution in [0.25, 0.3) is 10.9 Å². The molecule has 1 aromatic heterocycles. The average molecular weight is 275 g/mol. The molecule has 3 nitrogen and oxygen atoms in total. The Labute approximate surface area is 121 Å². The zero-order valence-electron chi connectivity index (χ0n) is 13.1. The number of nitrogens with zero attached hydrogens (tertiary/aromatic N) is 1. The summed E-state index contributed by atoms with van der Waals surface area (Å²) in [6.45, 7) is 9.63. The number of aryl methyl sites for hydroxylation is 1. The maximum Gasteiger partial charge on any atom is 0.0952 e. The lowest BCUT2D eigenvalue weighted by Crippen LogP contribution is -2.25. The minimum Gasteiger partial charge on any atom is -0.389 e. The number of fused-ring (bicyclic) bond motifs is 1. The molecule has 0 aliphatic carbocycles. The van der Waals surface area contributed by atoms with E-state index in [1.807, 2.05) is 0 Å². The molecule has 1 N–H and O–H groups in total. The highest BCUT2D eigenvalue weighted by Crippen LogP contribution is 2.30. The van der Waals surface area contributed by atoms with Gasteiger partial charge in [0.05, 0.1) is 19.3 Å². The fourth-order valence-electron chi connectivity index (χ4n) is 2.66. The van der Waals surface area contributed by atoms with Crippen molar-refractivity contribution in [2.75, 3.05) is 13.7 Å². The number of hydrogen-bond donors (Lipinski definition) is 1. The van der Waals surface area contributed by atoms with Crippen molar-refractivity contribution in [1.82, 2.24) is 4.57 Å². The lowest BCUT2D eigenvalue weighted by molar-refractivity contribution is 0.0536. The van der Waals surface area contributed by atoms with Crippen LogP contribution in [0.15, 0.2) is 24.3 Å². The second-order valence-electron chi connectivity index (χ2n) is 6.56. The fraction of sp³-hybridized carbons (Fsp3) is 0.529. The van der Waals surface area contributed by atoms with Gasteiger partial charge < -0.3 is 14.4 Å². The summed E-state index contributed by atoms with van der Waals surface area (Å²) in [5, 5.41) is 11.3. The first-order valence-electron chi connectivity index (χ1n) is 7.10. The molecule has 0 aliphatic rings. The van der Waals surface area contributed by atoms with Gasteiger partial charge in [0.1, 0.15) is 0 Å². The first kappa shape index (κ1) is 15.1. The number of methoxy groups -OCH3 is 1. The SMILES string of the molecule is COCC(O)Cn1c(C(C)(C)C)cc2cc(C)ccc21. The Balaban J connectivity index is 2.53. The standard InChI is InChI=1S/C17H25NO2/c1-12-6-7-15-13(8-12)9-16(17(2,3)4)18(15)10-14(19)11-20-5/h6-9,14,19H,10-11H2,1-5H3. The number of aliphatic hydroxyl groups excluding tert-OH is 1. The topological polar surface area (TPSA) is 34.4 Å². The van der Waals surface area contributed by atoms with Crippen molar-refractivity contribution in [2.45, 2.75) is 45.8 Å². The zero-order chi connectivity index (χ0) is 14.9. The third-order valence-corrected chi connectivity index (χ3v) is 3.58. The van der Waals surface area contributed by atoms with Crippen molar-refractivity contribution < 1.29 is 9.84 Å². The molecular weight excluding hydrogens is 250 g/mol. The van der Waals surface area contributed by atoms with Crippen molar-refractivity contribution in [1.29, 1.82) is 0 Å². The molecule has 0 spiro atoms. The molecule has 0 fully saturated rings. The molecule has 1 unspecified atom stereocenters. The lowest BCUT2D eigenvalue weighted by Gasteiger charge is -2.23. The van der Waals surface area contributed by atoms with Crippen molar-refractivity contribution in [3.05, 3.63) is 35.5 Å². The van der Waals surface area contributed by atoms with Gasteiger partial charge in [-0.05, 0) is 25.1 Å². The van der Waals surface area contributed by atoms with E-state index in [1.54, 1.807) is 7.11 Å². The summed E-state index contributed by atoms with van der Waals surface area (Å²) in [7, 11) is 1.62. The van der Waals surface area contributed by atoms with Crippen LogP contribution >= 0.6 is 0 Å². The Morgan fingerprint density at radius 2 is 1.95 bits per heavy atom. The molecule has 0 aliphatic heterocycles. The third-order valence-electron chi connectivity index (χ3n) is 3.58. The fourth-order valence-corrected chi connectivity index (χ4v) is 2.66. The Morgan fingerprint density at radius 1 is 1.25 bits per heavy atom. The molecule has 1 heterocycles. The van der Waals surface area contributed by atoms with Crippen molar-refractivity contribution >= 4 is 10.9 Å². The summed E-state index contributed by atoms with van der Waals surface area (Å²) in [6.07, 6.45) is -0.488. The monoisotopic (exact) mass is 275 g/mol. The number of benzene rings is 1. The molecule has 3 heteroatoms. The summed E-state index contributed by atoms with van der Waals surface area (Å²) in [6, 6.07) is 8.69. The number of rotatable bonds is 4. The van der Waals surface area contributed by atoms with Gasteiger partial charge in [-0.2, -0.15) is 0 Å². The second-order valence-corrected chi connectivity index (χ2v) is 6.56. The molecule has 20 heavy (non-hydrogen) atoms. The maximum atomic E-state index is 10.1. The van der Waals surface area contributed by atoms with Gasteiger partial charge in [0.15, 0.2) is 0 Å². The van der Waals surface area contributed by atoms with Crippen LogP contribution in [0, 0.1) is 6.92 Å². The van der Waals surface area contributed by atoms with E-state index in [1.165, 1.54) is 22.2 Å². The van der Waals surface area contributed by atoms with Crippen LogP contribution in [0.2, 0.25) is 0 Å². The van der Waals surface area contributed by atoms with E-state index < -0.39 is 6.10 Å². The number of aromatic nitrogens is 1. The summed E-state index contributed by atoms with van der Waals surface area (Å²) in [5.41, 5.74) is 3.72. The van der Waals surface area contributed by atoms with E-state index in [4.69, 9.17) is 4.74 Å². The van der Waals surface area contributed by atoms with E-state index in [0.717, 1.165) is 0 Å². The molecule has 2 rings (SSSR count). The smallest absolute Gasteiger partial charge is 0.0952 e. The first-order chi connectivity index (χ1) is 9.32. The first-order valence-corrected chi connectivity index (χ1v) is 7.10. The predicted octanol–water partition coefficient (Wildman–Crippen LogP) is 3.25. The summed E-state index contributed by atoms with van der Waals surface area (Å²) in [5.74, 6) is 0. The second kappa shape index (κ2) is 5.58. The van der Waals surface area contributed by atoms with Crippen molar-refractivity contribution in [3.8, 4) is 0 Å². The van der Waals surface area contributed by atoms with Gasteiger partial charge in [0, 0.05) is 29.1 Å². The highest BCUT2D eigenvalue weighted by molar-refractivity contribution is 5.82. The predicted molar refractivity (Wildman–Crippen MR) is 83.3 cm³/mol.